The second-order valence-electron chi connectivity index (χ2n) is 7.14. The Labute approximate surface area is 179 Å². The van der Waals surface area contributed by atoms with Gasteiger partial charge in [-0.3, -0.25) is 9.59 Å². The van der Waals surface area contributed by atoms with Crippen molar-refractivity contribution < 1.29 is 14.3 Å². The van der Waals surface area contributed by atoms with Gasteiger partial charge in [0.2, 0.25) is 5.91 Å². The molecule has 2 heterocycles. The molecule has 1 fully saturated rings. The van der Waals surface area contributed by atoms with Crippen LogP contribution in [0.4, 0.5) is 5.69 Å². The highest BCUT2D eigenvalue weighted by Gasteiger charge is 2.21. The molecule has 0 spiro atoms. The predicted octanol–water partition coefficient (Wildman–Crippen LogP) is 4.09. The van der Waals surface area contributed by atoms with Gasteiger partial charge in [0.05, 0.1) is 16.3 Å². The third-order valence-electron chi connectivity index (χ3n) is 4.95. The Bertz CT molecular complexity index is 1050. The van der Waals surface area contributed by atoms with E-state index in [2.05, 4.69) is 10.3 Å². The van der Waals surface area contributed by atoms with Crippen LogP contribution >= 0.6 is 11.3 Å². The zero-order valence-electron chi connectivity index (χ0n) is 16.8. The molecule has 7 heteroatoms. The number of hydrogen-bond donors (Lipinski definition) is 1. The van der Waals surface area contributed by atoms with E-state index in [4.69, 9.17) is 4.74 Å². The second kappa shape index (κ2) is 9.09. The van der Waals surface area contributed by atoms with E-state index < -0.39 is 0 Å². The van der Waals surface area contributed by atoms with Gasteiger partial charge in [0, 0.05) is 30.6 Å². The van der Waals surface area contributed by atoms with Gasteiger partial charge in [-0.15, -0.1) is 11.3 Å². The van der Waals surface area contributed by atoms with Crippen molar-refractivity contribution in [2.75, 3.05) is 11.4 Å². The lowest BCUT2D eigenvalue weighted by atomic mass is 10.1. The van der Waals surface area contributed by atoms with Crippen LogP contribution in [0.2, 0.25) is 0 Å². The lowest BCUT2D eigenvalue weighted by molar-refractivity contribution is -0.117. The minimum Gasteiger partial charge on any atom is -0.486 e. The van der Waals surface area contributed by atoms with Crippen molar-refractivity contribution in [1.29, 1.82) is 0 Å². The van der Waals surface area contributed by atoms with Crippen LogP contribution in [-0.2, 0) is 17.9 Å². The van der Waals surface area contributed by atoms with Crippen molar-refractivity contribution in [2.45, 2.75) is 32.9 Å². The molecular weight excluding hydrogens is 398 g/mol. The number of hydrogen-bond acceptors (Lipinski definition) is 5. The van der Waals surface area contributed by atoms with E-state index in [-0.39, 0.29) is 11.8 Å². The number of thiazole rings is 1. The fourth-order valence-electron chi connectivity index (χ4n) is 3.40. The smallest absolute Gasteiger partial charge is 0.255 e. The first kappa shape index (κ1) is 20.1. The molecule has 6 nitrogen and oxygen atoms in total. The molecule has 1 aliphatic heterocycles. The molecule has 2 aromatic carbocycles. The molecule has 0 radical (unpaired) electrons. The van der Waals surface area contributed by atoms with Crippen molar-refractivity contribution in [3.8, 4) is 5.75 Å². The Morgan fingerprint density at radius 1 is 1.20 bits per heavy atom. The average molecular weight is 422 g/mol. The summed E-state index contributed by atoms with van der Waals surface area (Å²) in [6, 6.07) is 14.9. The van der Waals surface area contributed by atoms with E-state index in [0.29, 0.717) is 30.9 Å². The lowest BCUT2D eigenvalue weighted by Gasteiger charge is -2.16. The molecule has 0 aliphatic carbocycles. The number of aryl methyl sites for hydroxylation is 1. The Kier molecular flexibility index (Phi) is 6.09. The lowest BCUT2D eigenvalue weighted by Crippen LogP contribution is -2.24. The van der Waals surface area contributed by atoms with Gasteiger partial charge in [-0.2, -0.15) is 0 Å². The average Bonchev–Trinajstić information content (AvgIpc) is 3.39. The summed E-state index contributed by atoms with van der Waals surface area (Å²) in [6.07, 6.45) is 1.52. The molecule has 1 aliphatic rings. The molecular formula is C23H23N3O3S. The summed E-state index contributed by atoms with van der Waals surface area (Å²) in [4.78, 5) is 30.8. The molecule has 1 aromatic heterocycles. The number of carbonyl (C=O) groups is 2. The molecule has 0 atom stereocenters. The highest BCUT2D eigenvalue weighted by atomic mass is 32.1. The first-order chi connectivity index (χ1) is 14.6. The summed E-state index contributed by atoms with van der Waals surface area (Å²) >= 11 is 1.57. The molecule has 1 saturated heterocycles. The zero-order valence-corrected chi connectivity index (χ0v) is 17.6. The maximum atomic E-state index is 12.7. The van der Waals surface area contributed by atoms with E-state index >= 15 is 0 Å². The summed E-state index contributed by atoms with van der Waals surface area (Å²) in [5, 5.41) is 5.88. The van der Waals surface area contributed by atoms with E-state index in [0.717, 1.165) is 34.9 Å². The predicted molar refractivity (Wildman–Crippen MR) is 117 cm³/mol. The maximum absolute atomic E-state index is 12.7. The topological polar surface area (TPSA) is 71.5 Å². The van der Waals surface area contributed by atoms with Gasteiger partial charge in [-0.05, 0) is 43.2 Å². The summed E-state index contributed by atoms with van der Waals surface area (Å²) in [5.74, 6) is 0.503. The van der Waals surface area contributed by atoms with Gasteiger partial charge in [0.25, 0.3) is 5.91 Å². The molecule has 0 bridgehead atoms. The van der Waals surface area contributed by atoms with Gasteiger partial charge in [0.15, 0.2) is 0 Å². The third-order valence-corrected chi connectivity index (χ3v) is 5.77. The molecule has 154 valence electrons. The first-order valence-electron chi connectivity index (χ1n) is 9.90. The standard InChI is InChI=1S/C23H23N3O3S/c1-16-25-18(15-30-16)14-29-21-6-3-2-5-20(21)23(28)24-13-17-8-10-19(11-9-17)26-12-4-7-22(26)27/h2-3,5-6,8-11,15H,4,7,12-14H2,1H3,(H,24,28). The van der Waals surface area contributed by atoms with Crippen LogP contribution < -0.4 is 15.0 Å². The molecule has 2 amide bonds. The zero-order chi connectivity index (χ0) is 20.9. The Morgan fingerprint density at radius 2 is 2.00 bits per heavy atom. The van der Waals surface area contributed by atoms with Gasteiger partial charge in [-0.25, -0.2) is 4.98 Å². The SMILES string of the molecule is Cc1nc(COc2ccccc2C(=O)NCc2ccc(N3CCCC3=O)cc2)cs1. The Hall–Kier alpha value is -3.19. The number of nitrogens with one attached hydrogen (secondary N) is 1. The molecule has 1 N–H and O–H groups in total. The van der Waals surface area contributed by atoms with Gasteiger partial charge >= 0.3 is 0 Å². The highest BCUT2D eigenvalue weighted by molar-refractivity contribution is 7.09. The van der Waals surface area contributed by atoms with E-state index in [9.17, 15) is 9.59 Å². The third kappa shape index (κ3) is 4.68. The number of benzene rings is 2. The molecule has 3 aromatic rings. The normalized spacial score (nSPS) is 13.5. The van der Waals surface area contributed by atoms with Crippen molar-refractivity contribution in [1.82, 2.24) is 10.3 Å². The molecule has 30 heavy (non-hydrogen) atoms. The van der Waals surface area contributed by atoms with E-state index in [1.807, 2.05) is 48.7 Å². The highest BCUT2D eigenvalue weighted by Crippen LogP contribution is 2.22. The number of amides is 2. The van der Waals surface area contributed by atoms with Gasteiger partial charge in [-0.1, -0.05) is 24.3 Å². The number of rotatable bonds is 7. The summed E-state index contributed by atoms with van der Waals surface area (Å²) in [5.41, 5.74) is 3.21. The molecule has 0 unspecified atom stereocenters. The number of anilines is 1. The number of aromatic nitrogens is 1. The van der Waals surface area contributed by atoms with Crippen LogP contribution in [0.25, 0.3) is 0 Å². The van der Waals surface area contributed by atoms with Crippen LogP contribution in [-0.4, -0.2) is 23.3 Å². The quantitative estimate of drug-likeness (QED) is 0.624. The summed E-state index contributed by atoms with van der Waals surface area (Å²) in [7, 11) is 0. The monoisotopic (exact) mass is 421 g/mol. The van der Waals surface area contributed by atoms with Crippen molar-refractivity contribution >= 4 is 28.8 Å². The van der Waals surface area contributed by atoms with Crippen LogP contribution in [0.1, 0.15) is 39.5 Å². The first-order valence-corrected chi connectivity index (χ1v) is 10.8. The maximum Gasteiger partial charge on any atom is 0.255 e. The second-order valence-corrected chi connectivity index (χ2v) is 8.20. The number of nitrogens with zero attached hydrogens (tertiary/aromatic N) is 2. The largest absolute Gasteiger partial charge is 0.486 e. The molecule has 0 saturated carbocycles. The molecule has 4 rings (SSSR count). The number of ether oxygens (including phenoxy) is 1. The number of carbonyl (C=O) groups excluding carboxylic acids is 2. The minimum absolute atomic E-state index is 0.167. The Balaban J connectivity index is 1.36. The summed E-state index contributed by atoms with van der Waals surface area (Å²) in [6.45, 7) is 3.44. The fourth-order valence-corrected chi connectivity index (χ4v) is 4.00. The number of para-hydroxylation sites is 1. The van der Waals surface area contributed by atoms with Crippen molar-refractivity contribution in [3.05, 3.63) is 75.7 Å². The Morgan fingerprint density at radius 3 is 2.70 bits per heavy atom. The van der Waals surface area contributed by atoms with Crippen LogP contribution in [0, 0.1) is 6.92 Å². The van der Waals surface area contributed by atoms with Crippen LogP contribution in [0.5, 0.6) is 5.75 Å². The van der Waals surface area contributed by atoms with Crippen LogP contribution in [0.3, 0.4) is 0 Å². The minimum atomic E-state index is -0.196. The van der Waals surface area contributed by atoms with Crippen molar-refractivity contribution in [2.24, 2.45) is 0 Å². The van der Waals surface area contributed by atoms with Gasteiger partial charge < -0.3 is 15.0 Å². The summed E-state index contributed by atoms with van der Waals surface area (Å²) < 4.78 is 5.84. The fraction of sp³-hybridized carbons (Fsp3) is 0.261. The van der Waals surface area contributed by atoms with Crippen LogP contribution in [0.15, 0.2) is 53.9 Å². The van der Waals surface area contributed by atoms with Crippen molar-refractivity contribution in [3.63, 3.8) is 0 Å². The van der Waals surface area contributed by atoms with E-state index in [1.165, 1.54) is 0 Å². The van der Waals surface area contributed by atoms with Gasteiger partial charge in [0.1, 0.15) is 12.4 Å². The van der Waals surface area contributed by atoms with E-state index in [1.54, 1.807) is 28.4 Å².